The van der Waals surface area contributed by atoms with E-state index in [4.69, 9.17) is 15.0 Å². The number of aliphatic hydroxyl groups excluding tert-OH is 1. The van der Waals surface area contributed by atoms with Gasteiger partial charge in [-0.3, -0.25) is 4.98 Å². The Labute approximate surface area is 204 Å². The summed E-state index contributed by atoms with van der Waals surface area (Å²) >= 11 is 1.71. The Bertz CT molecular complexity index is 1190. The minimum atomic E-state index is 0.259. The topological polar surface area (TPSA) is 95.9 Å². The van der Waals surface area contributed by atoms with Crippen molar-refractivity contribution in [3.63, 3.8) is 0 Å². The van der Waals surface area contributed by atoms with Crippen molar-refractivity contribution >= 4 is 33.3 Å². The molecule has 0 aromatic carbocycles. The molecule has 3 N–H and O–H groups in total. The number of hydrogen-bond acceptors (Lipinski definition) is 8. The lowest BCUT2D eigenvalue weighted by atomic mass is 9.76. The van der Waals surface area contributed by atoms with Crippen molar-refractivity contribution in [2.75, 3.05) is 23.8 Å². The van der Waals surface area contributed by atoms with E-state index in [0.717, 1.165) is 65.0 Å². The minimum Gasteiger partial charge on any atom is -0.396 e. The highest BCUT2D eigenvalue weighted by atomic mass is 32.1. The van der Waals surface area contributed by atoms with Crippen molar-refractivity contribution in [1.82, 2.24) is 19.9 Å². The van der Waals surface area contributed by atoms with Crippen LogP contribution in [0.1, 0.15) is 69.2 Å². The lowest BCUT2D eigenvalue weighted by Gasteiger charge is -2.32. The minimum absolute atomic E-state index is 0.259. The number of anilines is 2. The molecule has 3 aliphatic rings. The lowest BCUT2D eigenvalue weighted by Crippen LogP contribution is -2.28. The zero-order valence-corrected chi connectivity index (χ0v) is 20.9. The SMILES string of the molecule is Cc1nc(NCC2CC(C)C2)nc(N[C@H]2CC[C@@H](CO)C2)c1-c1nc2c(C3CC3)nccc2s1. The molecule has 2 atom stereocenters. The Kier molecular flexibility index (Phi) is 5.89. The third kappa shape index (κ3) is 4.38. The summed E-state index contributed by atoms with van der Waals surface area (Å²) in [6.45, 7) is 5.57. The Morgan fingerprint density at radius 2 is 1.91 bits per heavy atom. The van der Waals surface area contributed by atoms with Gasteiger partial charge in [0, 0.05) is 31.3 Å². The maximum absolute atomic E-state index is 9.62. The largest absolute Gasteiger partial charge is 0.396 e. The molecule has 0 spiro atoms. The van der Waals surface area contributed by atoms with Crippen molar-refractivity contribution in [2.24, 2.45) is 17.8 Å². The number of thiazole rings is 1. The van der Waals surface area contributed by atoms with Crippen molar-refractivity contribution in [3.8, 4) is 10.6 Å². The average molecular weight is 479 g/mol. The summed E-state index contributed by atoms with van der Waals surface area (Å²) in [5.41, 5.74) is 4.12. The van der Waals surface area contributed by atoms with E-state index in [2.05, 4.69) is 35.5 Å². The van der Waals surface area contributed by atoms with E-state index in [1.165, 1.54) is 30.4 Å². The summed E-state index contributed by atoms with van der Waals surface area (Å²) in [5.74, 6) is 4.04. The highest BCUT2D eigenvalue weighted by Gasteiger charge is 2.30. The predicted octanol–water partition coefficient (Wildman–Crippen LogP) is 5.37. The van der Waals surface area contributed by atoms with Crippen LogP contribution in [-0.2, 0) is 0 Å². The van der Waals surface area contributed by atoms with E-state index in [-0.39, 0.29) is 6.61 Å². The van der Waals surface area contributed by atoms with E-state index in [1.807, 2.05) is 6.20 Å². The van der Waals surface area contributed by atoms with Gasteiger partial charge in [0.1, 0.15) is 16.3 Å². The summed E-state index contributed by atoms with van der Waals surface area (Å²) in [4.78, 5) is 19.6. The molecule has 0 amide bonds. The molecule has 0 unspecified atom stereocenters. The molecule has 0 saturated heterocycles. The van der Waals surface area contributed by atoms with Crippen LogP contribution in [0.4, 0.5) is 11.8 Å². The number of nitrogens with one attached hydrogen (secondary N) is 2. The number of nitrogens with zero attached hydrogens (tertiary/aromatic N) is 4. The maximum atomic E-state index is 9.62. The van der Waals surface area contributed by atoms with Gasteiger partial charge in [0.15, 0.2) is 0 Å². The number of aryl methyl sites for hydroxylation is 1. The molecule has 3 aliphatic carbocycles. The van der Waals surface area contributed by atoms with Gasteiger partial charge in [-0.1, -0.05) is 6.92 Å². The average Bonchev–Trinajstić information content (AvgIpc) is 3.39. The third-order valence-corrected chi connectivity index (χ3v) is 8.80. The zero-order valence-electron chi connectivity index (χ0n) is 20.0. The molecule has 0 bridgehead atoms. The van der Waals surface area contributed by atoms with E-state index in [9.17, 15) is 5.11 Å². The Morgan fingerprint density at radius 3 is 2.65 bits per heavy atom. The first kappa shape index (κ1) is 22.2. The summed E-state index contributed by atoms with van der Waals surface area (Å²) < 4.78 is 1.18. The second-order valence-electron chi connectivity index (χ2n) is 10.7. The predicted molar refractivity (Wildman–Crippen MR) is 137 cm³/mol. The smallest absolute Gasteiger partial charge is 0.224 e. The number of rotatable bonds is 8. The number of fused-ring (bicyclic) bond motifs is 1. The van der Waals surface area contributed by atoms with Crippen LogP contribution in [0.2, 0.25) is 0 Å². The second kappa shape index (κ2) is 9.04. The van der Waals surface area contributed by atoms with Crippen LogP contribution >= 0.6 is 11.3 Å². The first-order chi connectivity index (χ1) is 16.6. The van der Waals surface area contributed by atoms with Gasteiger partial charge in [-0.15, -0.1) is 11.3 Å². The molecule has 3 heterocycles. The van der Waals surface area contributed by atoms with Crippen LogP contribution in [-0.4, -0.2) is 44.2 Å². The molecule has 3 aromatic rings. The van der Waals surface area contributed by atoms with Gasteiger partial charge in [-0.25, -0.2) is 9.97 Å². The van der Waals surface area contributed by atoms with Crippen LogP contribution in [0.3, 0.4) is 0 Å². The molecule has 3 aromatic heterocycles. The van der Waals surface area contributed by atoms with E-state index < -0.39 is 0 Å². The Balaban J connectivity index is 1.34. The summed E-state index contributed by atoms with van der Waals surface area (Å²) in [6, 6.07) is 2.38. The van der Waals surface area contributed by atoms with Crippen LogP contribution in [0.25, 0.3) is 20.8 Å². The van der Waals surface area contributed by atoms with E-state index in [0.29, 0.717) is 29.7 Å². The standard InChI is InChI=1S/C26H34N6OS/c1-14-9-17(10-14)12-28-26-29-15(2)21(24(32-26)30-19-6-3-16(11-19)13-33)25-31-23-20(34-25)7-8-27-22(23)18-4-5-18/h7-8,14,16-19,33H,3-6,9-13H2,1-2H3,(H2,28,29,30,32)/t14?,16-,17?,19+/m1/s1. The second-order valence-corrected chi connectivity index (χ2v) is 11.7. The van der Waals surface area contributed by atoms with Gasteiger partial charge in [0.25, 0.3) is 0 Å². The van der Waals surface area contributed by atoms with Crippen LogP contribution in [0.5, 0.6) is 0 Å². The molecular weight excluding hydrogens is 444 g/mol. The summed E-state index contributed by atoms with van der Waals surface area (Å²) in [5, 5.41) is 17.8. The summed E-state index contributed by atoms with van der Waals surface area (Å²) in [7, 11) is 0. The Hall–Kier alpha value is -2.32. The van der Waals surface area contributed by atoms with Gasteiger partial charge in [-0.2, -0.15) is 4.98 Å². The Morgan fingerprint density at radius 1 is 1.06 bits per heavy atom. The maximum Gasteiger partial charge on any atom is 0.224 e. The number of pyridine rings is 1. The molecule has 6 rings (SSSR count). The normalized spacial score (nSPS) is 26.6. The highest BCUT2D eigenvalue weighted by molar-refractivity contribution is 7.21. The van der Waals surface area contributed by atoms with Gasteiger partial charge < -0.3 is 15.7 Å². The zero-order chi connectivity index (χ0) is 23.2. The molecule has 180 valence electrons. The van der Waals surface area contributed by atoms with Crippen molar-refractivity contribution in [2.45, 2.75) is 70.8 Å². The van der Waals surface area contributed by atoms with Crippen LogP contribution in [0, 0.1) is 24.7 Å². The van der Waals surface area contributed by atoms with Crippen molar-refractivity contribution in [3.05, 3.63) is 23.7 Å². The van der Waals surface area contributed by atoms with Crippen LogP contribution < -0.4 is 10.6 Å². The molecule has 0 radical (unpaired) electrons. The summed E-state index contributed by atoms with van der Waals surface area (Å²) in [6.07, 6.45) is 9.97. The van der Waals surface area contributed by atoms with E-state index >= 15 is 0 Å². The van der Waals surface area contributed by atoms with Crippen LogP contribution in [0.15, 0.2) is 12.3 Å². The fourth-order valence-corrected chi connectivity index (χ4v) is 6.75. The number of hydrogen-bond donors (Lipinski definition) is 3. The van der Waals surface area contributed by atoms with Gasteiger partial charge >= 0.3 is 0 Å². The van der Waals surface area contributed by atoms with Gasteiger partial charge in [-0.05, 0) is 75.7 Å². The monoisotopic (exact) mass is 478 g/mol. The molecular formula is C26H34N6OS. The first-order valence-corrected chi connectivity index (χ1v) is 13.6. The van der Waals surface area contributed by atoms with Crippen molar-refractivity contribution in [1.29, 1.82) is 0 Å². The quantitative estimate of drug-likeness (QED) is 0.401. The number of aromatic nitrogens is 4. The molecule has 34 heavy (non-hydrogen) atoms. The molecule has 8 heteroatoms. The van der Waals surface area contributed by atoms with Crippen molar-refractivity contribution < 1.29 is 5.11 Å². The molecule has 3 fully saturated rings. The molecule has 3 saturated carbocycles. The molecule has 7 nitrogen and oxygen atoms in total. The van der Waals surface area contributed by atoms with Gasteiger partial charge in [0.05, 0.1) is 21.7 Å². The fourth-order valence-electron chi connectivity index (χ4n) is 5.69. The first-order valence-electron chi connectivity index (χ1n) is 12.8. The fraction of sp³-hybridized carbons (Fsp3) is 0.615. The number of aliphatic hydroxyl groups is 1. The lowest BCUT2D eigenvalue weighted by molar-refractivity contribution is 0.225. The highest BCUT2D eigenvalue weighted by Crippen LogP contribution is 2.44. The van der Waals surface area contributed by atoms with Gasteiger partial charge in [0.2, 0.25) is 5.95 Å². The molecule has 0 aliphatic heterocycles. The van der Waals surface area contributed by atoms with E-state index in [1.54, 1.807) is 11.3 Å². The third-order valence-electron chi connectivity index (χ3n) is 7.76.